The largest absolute Gasteiger partial charge is 0.378 e. The topological polar surface area (TPSA) is 124 Å². The first kappa shape index (κ1) is 16.8. The first-order chi connectivity index (χ1) is 12.5. The van der Waals surface area contributed by atoms with Crippen molar-refractivity contribution in [2.45, 2.75) is 4.90 Å². The molecule has 0 spiro atoms. The summed E-state index contributed by atoms with van der Waals surface area (Å²) in [6, 6.07) is 5.05. The Morgan fingerprint density at radius 1 is 1.12 bits per heavy atom. The van der Waals surface area contributed by atoms with Crippen molar-refractivity contribution < 1.29 is 13.2 Å². The average Bonchev–Trinajstić information content (AvgIpc) is 2.67. The number of nitrogens with zero attached hydrogens (tertiary/aromatic N) is 5. The Bertz CT molecular complexity index is 1070. The van der Waals surface area contributed by atoms with Gasteiger partial charge in [-0.25, -0.2) is 28.5 Å². The fourth-order valence-electron chi connectivity index (χ4n) is 2.81. The van der Waals surface area contributed by atoms with E-state index in [9.17, 15) is 8.42 Å². The van der Waals surface area contributed by atoms with E-state index < -0.39 is 10.0 Å². The van der Waals surface area contributed by atoms with Crippen LogP contribution in [0.4, 0.5) is 5.82 Å². The normalized spacial score (nSPS) is 15.3. The summed E-state index contributed by atoms with van der Waals surface area (Å²) in [6.45, 7) is 2.71. The Hall–Kier alpha value is -2.69. The lowest BCUT2D eigenvalue weighted by Crippen LogP contribution is -2.37. The highest BCUT2D eigenvalue weighted by atomic mass is 32.2. The number of anilines is 1. The van der Waals surface area contributed by atoms with Crippen molar-refractivity contribution in [2.24, 2.45) is 5.14 Å². The van der Waals surface area contributed by atoms with Gasteiger partial charge in [-0.15, -0.1) is 0 Å². The summed E-state index contributed by atoms with van der Waals surface area (Å²) in [4.78, 5) is 19.3. The van der Waals surface area contributed by atoms with Crippen LogP contribution in [0.25, 0.3) is 22.3 Å². The van der Waals surface area contributed by atoms with Gasteiger partial charge in [0.1, 0.15) is 16.7 Å². The first-order valence-corrected chi connectivity index (χ1v) is 9.50. The molecule has 1 fully saturated rings. The molecule has 0 aromatic carbocycles. The Balaban J connectivity index is 1.82. The van der Waals surface area contributed by atoms with Crippen LogP contribution in [0.15, 0.2) is 41.8 Å². The number of pyridine rings is 2. The standard InChI is InChI=1S/C16H16N6O3S/c17-26(23,24)12-7-11(8-18-9-12)13-1-2-14-15(21-13)16(20-10-19-14)22-3-5-25-6-4-22/h1-2,7-10H,3-6H2,(H2,17,23,24). The van der Waals surface area contributed by atoms with E-state index in [1.807, 2.05) is 6.07 Å². The number of sulfonamides is 1. The summed E-state index contributed by atoms with van der Waals surface area (Å²) in [5.41, 5.74) is 2.48. The second-order valence-corrected chi connectivity index (χ2v) is 7.38. The summed E-state index contributed by atoms with van der Waals surface area (Å²) in [7, 11) is -3.84. The Kier molecular flexibility index (Phi) is 4.23. The first-order valence-electron chi connectivity index (χ1n) is 7.95. The SMILES string of the molecule is NS(=O)(=O)c1cncc(-c2ccc3ncnc(N4CCOCC4)c3n2)c1. The minimum atomic E-state index is -3.84. The third kappa shape index (κ3) is 3.21. The number of rotatable bonds is 3. The van der Waals surface area contributed by atoms with E-state index in [1.165, 1.54) is 18.6 Å². The van der Waals surface area contributed by atoms with Gasteiger partial charge in [-0.3, -0.25) is 4.98 Å². The van der Waals surface area contributed by atoms with E-state index in [4.69, 9.17) is 9.88 Å². The minimum absolute atomic E-state index is 0.0605. The highest BCUT2D eigenvalue weighted by molar-refractivity contribution is 7.89. The van der Waals surface area contributed by atoms with Crippen LogP contribution in [-0.2, 0) is 14.8 Å². The zero-order chi connectivity index (χ0) is 18.1. The molecule has 9 nitrogen and oxygen atoms in total. The van der Waals surface area contributed by atoms with E-state index in [2.05, 4.69) is 24.8 Å². The van der Waals surface area contributed by atoms with Gasteiger partial charge in [-0.2, -0.15) is 0 Å². The van der Waals surface area contributed by atoms with E-state index >= 15 is 0 Å². The molecule has 134 valence electrons. The van der Waals surface area contributed by atoms with E-state index in [1.54, 1.807) is 12.3 Å². The number of primary sulfonamides is 1. The maximum absolute atomic E-state index is 11.6. The predicted octanol–water partition coefficient (Wildman–Crippen LogP) is 0.571. The molecule has 0 unspecified atom stereocenters. The van der Waals surface area contributed by atoms with Gasteiger partial charge in [-0.05, 0) is 18.2 Å². The predicted molar refractivity (Wildman–Crippen MR) is 95.0 cm³/mol. The quantitative estimate of drug-likeness (QED) is 0.707. The number of hydrogen-bond acceptors (Lipinski definition) is 8. The smallest absolute Gasteiger partial charge is 0.239 e. The maximum Gasteiger partial charge on any atom is 0.239 e. The van der Waals surface area contributed by atoms with Gasteiger partial charge < -0.3 is 9.64 Å². The fourth-order valence-corrected chi connectivity index (χ4v) is 3.31. The van der Waals surface area contributed by atoms with Gasteiger partial charge in [0.2, 0.25) is 10.0 Å². The van der Waals surface area contributed by atoms with Crippen LogP contribution < -0.4 is 10.0 Å². The summed E-state index contributed by atoms with van der Waals surface area (Å²) < 4.78 is 28.5. The molecule has 3 aromatic rings. The summed E-state index contributed by atoms with van der Waals surface area (Å²) in [6.07, 6.45) is 4.26. The number of fused-ring (bicyclic) bond motifs is 1. The Morgan fingerprint density at radius 2 is 1.92 bits per heavy atom. The van der Waals surface area contributed by atoms with E-state index in [-0.39, 0.29) is 4.90 Å². The third-order valence-electron chi connectivity index (χ3n) is 4.11. The van der Waals surface area contributed by atoms with Crippen molar-refractivity contribution in [1.29, 1.82) is 0 Å². The van der Waals surface area contributed by atoms with Crippen LogP contribution in [0.1, 0.15) is 0 Å². The number of hydrogen-bond donors (Lipinski definition) is 1. The Labute approximate surface area is 149 Å². The Morgan fingerprint density at radius 3 is 2.69 bits per heavy atom. The van der Waals surface area contributed by atoms with E-state index in [0.29, 0.717) is 35.5 Å². The molecule has 4 heterocycles. The number of aromatic nitrogens is 4. The van der Waals surface area contributed by atoms with Gasteiger partial charge in [0, 0.05) is 31.0 Å². The lowest BCUT2D eigenvalue weighted by molar-refractivity contribution is 0.122. The van der Waals surface area contributed by atoms with Crippen molar-refractivity contribution in [3.8, 4) is 11.3 Å². The van der Waals surface area contributed by atoms with Crippen LogP contribution >= 0.6 is 0 Å². The second-order valence-electron chi connectivity index (χ2n) is 5.82. The lowest BCUT2D eigenvalue weighted by Gasteiger charge is -2.28. The van der Waals surface area contributed by atoms with Crippen molar-refractivity contribution in [1.82, 2.24) is 19.9 Å². The van der Waals surface area contributed by atoms with Crippen LogP contribution in [0.3, 0.4) is 0 Å². The maximum atomic E-state index is 11.6. The van der Waals surface area contributed by atoms with Gasteiger partial charge >= 0.3 is 0 Å². The molecule has 0 aliphatic carbocycles. The summed E-state index contributed by atoms with van der Waals surface area (Å²) >= 11 is 0. The van der Waals surface area contributed by atoms with Gasteiger partial charge in [0.05, 0.1) is 24.4 Å². The molecule has 2 N–H and O–H groups in total. The van der Waals surface area contributed by atoms with Crippen LogP contribution in [0.2, 0.25) is 0 Å². The summed E-state index contributed by atoms with van der Waals surface area (Å²) in [5.74, 6) is 0.732. The number of nitrogens with two attached hydrogens (primary N) is 1. The molecule has 0 atom stereocenters. The minimum Gasteiger partial charge on any atom is -0.378 e. The molecule has 1 aliphatic heterocycles. The molecule has 1 saturated heterocycles. The summed E-state index contributed by atoms with van der Waals surface area (Å²) in [5, 5.41) is 5.19. The zero-order valence-electron chi connectivity index (χ0n) is 13.7. The molecule has 0 bridgehead atoms. The molecule has 1 aliphatic rings. The van der Waals surface area contributed by atoms with Gasteiger partial charge in [0.25, 0.3) is 0 Å². The highest BCUT2D eigenvalue weighted by Gasteiger charge is 2.17. The van der Waals surface area contributed by atoms with Crippen LogP contribution in [-0.4, -0.2) is 54.7 Å². The molecule has 26 heavy (non-hydrogen) atoms. The van der Waals surface area contributed by atoms with Crippen LogP contribution in [0, 0.1) is 0 Å². The monoisotopic (exact) mass is 372 g/mol. The molecule has 3 aromatic heterocycles. The van der Waals surface area contributed by atoms with Crippen molar-refractivity contribution in [3.05, 3.63) is 36.9 Å². The molecule has 0 saturated carbocycles. The molecule has 10 heteroatoms. The van der Waals surface area contributed by atoms with Gasteiger partial charge in [0.15, 0.2) is 5.82 Å². The lowest BCUT2D eigenvalue weighted by atomic mass is 10.2. The molecule has 0 amide bonds. The second kappa shape index (κ2) is 6.56. The average molecular weight is 372 g/mol. The highest BCUT2D eigenvalue weighted by Crippen LogP contribution is 2.26. The molecule has 0 radical (unpaired) electrons. The van der Waals surface area contributed by atoms with E-state index in [0.717, 1.165) is 18.9 Å². The van der Waals surface area contributed by atoms with Gasteiger partial charge in [-0.1, -0.05) is 0 Å². The van der Waals surface area contributed by atoms with Crippen molar-refractivity contribution in [3.63, 3.8) is 0 Å². The molecule has 4 rings (SSSR count). The number of morpholine rings is 1. The zero-order valence-corrected chi connectivity index (χ0v) is 14.6. The molecular formula is C16H16N6O3S. The molecular weight excluding hydrogens is 356 g/mol. The van der Waals surface area contributed by atoms with Crippen molar-refractivity contribution >= 4 is 26.9 Å². The fraction of sp³-hybridized carbons (Fsp3) is 0.250. The number of ether oxygens (including phenoxy) is 1. The van der Waals surface area contributed by atoms with Crippen molar-refractivity contribution in [2.75, 3.05) is 31.2 Å². The van der Waals surface area contributed by atoms with Crippen LogP contribution in [0.5, 0.6) is 0 Å². The third-order valence-corrected chi connectivity index (χ3v) is 4.99.